The molecule has 0 fully saturated rings. The zero-order valence-electron chi connectivity index (χ0n) is 11.7. The first-order valence-electron chi connectivity index (χ1n) is 6.52. The molecule has 0 aliphatic heterocycles. The molecule has 1 amide bonds. The van der Waals surface area contributed by atoms with E-state index in [9.17, 15) is 9.59 Å². The van der Waals surface area contributed by atoms with Gasteiger partial charge in [0.05, 0.1) is 5.39 Å². The molecule has 2 aromatic heterocycles. The molecule has 2 aromatic rings. The van der Waals surface area contributed by atoms with Crippen LogP contribution in [0.1, 0.15) is 26.8 Å². The van der Waals surface area contributed by atoms with Crippen LogP contribution in [0.4, 0.5) is 0 Å². The third-order valence-electron chi connectivity index (χ3n) is 3.37. The van der Waals surface area contributed by atoms with Gasteiger partial charge in [0.1, 0.15) is 10.9 Å². The molecule has 0 radical (unpaired) electrons. The zero-order chi connectivity index (χ0) is 14.9. The van der Waals surface area contributed by atoms with Gasteiger partial charge in [-0.15, -0.1) is 11.3 Å². The highest BCUT2D eigenvalue weighted by Crippen LogP contribution is 2.16. The van der Waals surface area contributed by atoms with E-state index in [1.165, 1.54) is 15.9 Å². The van der Waals surface area contributed by atoms with Gasteiger partial charge in [0.2, 0.25) is 5.91 Å². The molecule has 0 spiro atoms. The van der Waals surface area contributed by atoms with Crippen LogP contribution in [0.25, 0.3) is 10.2 Å². The summed E-state index contributed by atoms with van der Waals surface area (Å²) in [6.45, 7) is 6.78. The smallest absolute Gasteiger partial charge is 0.263 e. The molecule has 0 bridgehead atoms. The van der Waals surface area contributed by atoms with Gasteiger partial charge in [0.25, 0.3) is 5.56 Å². The minimum atomic E-state index is -0.601. The second kappa shape index (κ2) is 5.88. The molecule has 7 heteroatoms. The molecule has 108 valence electrons. The van der Waals surface area contributed by atoms with Crippen molar-refractivity contribution < 1.29 is 4.79 Å². The Kier molecular flexibility index (Phi) is 4.39. The number of carbonyl (C=O) groups excluding carboxylic acids is 1. The average Bonchev–Trinajstić information content (AvgIpc) is 2.88. The Hall–Kier alpha value is -1.47. The highest BCUT2D eigenvalue weighted by Gasteiger charge is 2.22. The van der Waals surface area contributed by atoms with Crippen LogP contribution in [0.2, 0.25) is 0 Å². The van der Waals surface area contributed by atoms with E-state index in [-0.39, 0.29) is 16.2 Å². The number of carbonyl (C=O) groups is 1. The molecule has 0 aliphatic carbocycles. The lowest BCUT2D eigenvalue weighted by Gasteiger charge is -2.24. The van der Waals surface area contributed by atoms with E-state index in [0.29, 0.717) is 18.5 Å². The van der Waals surface area contributed by atoms with E-state index < -0.39 is 6.04 Å². The van der Waals surface area contributed by atoms with Crippen LogP contribution in [-0.4, -0.2) is 33.4 Å². The molecule has 5 nitrogen and oxygen atoms in total. The van der Waals surface area contributed by atoms with Gasteiger partial charge in [-0.1, -0.05) is 0 Å². The normalized spacial score (nSPS) is 12.6. The number of rotatable bonds is 4. The Morgan fingerprint density at radius 2 is 2.15 bits per heavy atom. The van der Waals surface area contributed by atoms with Crippen molar-refractivity contribution in [2.45, 2.75) is 26.8 Å². The monoisotopic (exact) mass is 311 g/mol. The van der Waals surface area contributed by atoms with Crippen molar-refractivity contribution in [2.24, 2.45) is 0 Å². The second-order valence-corrected chi connectivity index (χ2v) is 5.76. The van der Waals surface area contributed by atoms with Crippen molar-refractivity contribution in [3.05, 3.63) is 26.6 Å². The molecule has 20 heavy (non-hydrogen) atoms. The van der Waals surface area contributed by atoms with E-state index in [1.54, 1.807) is 17.9 Å². The van der Waals surface area contributed by atoms with E-state index in [4.69, 9.17) is 12.2 Å². The van der Waals surface area contributed by atoms with Gasteiger partial charge in [-0.2, -0.15) is 0 Å². The zero-order valence-corrected chi connectivity index (χ0v) is 13.3. The number of hydrogen-bond donors (Lipinski definition) is 1. The minimum absolute atomic E-state index is 0.0915. The van der Waals surface area contributed by atoms with Gasteiger partial charge in [0, 0.05) is 13.1 Å². The molecule has 1 atom stereocenters. The summed E-state index contributed by atoms with van der Waals surface area (Å²) in [5.74, 6) is -0.0915. The summed E-state index contributed by atoms with van der Waals surface area (Å²) < 4.78 is 1.66. The van der Waals surface area contributed by atoms with Crippen molar-refractivity contribution in [2.75, 3.05) is 13.1 Å². The van der Waals surface area contributed by atoms with Crippen molar-refractivity contribution in [1.82, 2.24) is 14.5 Å². The van der Waals surface area contributed by atoms with Crippen LogP contribution in [0.15, 0.2) is 16.2 Å². The largest absolute Gasteiger partial charge is 0.341 e. The lowest BCUT2D eigenvalue weighted by atomic mass is 10.2. The predicted molar refractivity (Wildman–Crippen MR) is 83.9 cm³/mol. The number of likely N-dealkylation sites (N-methyl/N-ethyl adjacent to an activating group) is 1. The molecule has 2 rings (SSSR count). The summed E-state index contributed by atoms with van der Waals surface area (Å²) in [5.41, 5.74) is -0.210. The Balaban J connectivity index is 2.55. The molecular formula is C13H17N3O2S2. The predicted octanol–water partition coefficient (Wildman–Crippen LogP) is 2.55. The summed E-state index contributed by atoms with van der Waals surface area (Å²) in [7, 11) is 0. The summed E-state index contributed by atoms with van der Waals surface area (Å²) in [6, 6.07) is 1.15. The molecule has 1 N–H and O–H groups in total. The van der Waals surface area contributed by atoms with Gasteiger partial charge in [-0.05, 0) is 44.4 Å². The third kappa shape index (κ3) is 2.43. The molecule has 2 heterocycles. The van der Waals surface area contributed by atoms with E-state index in [0.717, 1.165) is 4.83 Å². The number of aromatic amines is 1. The van der Waals surface area contributed by atoms with E-state index in [1.807, 2.05) is 19.2 Å². The first-order chi connectivity index (χ1) is 9.51. The number of hydrogen-bond acceptors (Lipinski definition) is 4. The highest BCUT2D eigenvalue weighted by atomic mass is 32.1. The molecule has 1 unspecified atom stereocenters. The van der Waals surface area contributed by atoms with Crippen LogP contribution < -0.4 is 5.56 Å². The van der Waals surface area contributed by atoms with Gasteiger partial charge in [0.15, 0.2) is 4.77 Å². The fraction of sp³-hybridized carbons (Fsp3) is 0.462. The number of H-pyrrole nitrogens is 1. The standard InChI is InChI=1S/C13H17N3O2S2/c1-4-15(5-2)11(17)8(3)16-12(18)9-6-7-20-10(9)14-13(16)19/h6-8H,4-5H2,1-3H3,(H,14,19). The number of aromatic nitrogens is 2. The number of nitrogens with one attached hydrogen (secondary N) is 1. The van der Waals surface area contributed by atoms with Crippen molar-refractivity contribution in [3.8, 4) is 0 Å². The molecule has 0 saturated carbocycles. The first-order valence-corrected chi connectivity index (χ1v) is 7.80. The molecule has 0 saturated heterocycles. The summed E-state index contributed by atoms with van der Waals surface area (Å²) >= 11 is 6.66. The lowest BCUT2D eigenvalue weighted by Crippen LogP contribution is -2.39. The SMILES string of the molecule is CCN(CC)C(=O)C(C)n1c(=S)[nH]c2sccc2c1=O. The van der Waals surface area contributed by atoms with Crippen molar-refractivity contribution in [1.29, 1.82) is 0 Å². The van der Waals surface area contributed by atoms with Crippen molar-refractivity contribution in [3.63, 3.8) is 0 Å². The minimum Gasteiger partial charge on any atom is -0.341 e. The Morgan fingerprint density at radius 1 is 1.50 bits per heavy atom. The summed E-state index contributed by atoms with van der Waals surface area (Å²) in [5, 5.41) is 2.40. The average molecular weight is 311 g/mol. The maximum atomic E-state index is 12.5. The lowest BCUT2D eigenvalue weighted by molar-refractivity contribution is -0.134. The van der Waals surface area contributed by atoms with Crippen LogP contribution in [-0.2, 0) is 4.79 Å². The number of thiophene rings is 1. The quantitative estimate of drug-likeness (QED) is 0.883. The van der Waals surface area contributed by atoms with Gasteiger partial charge in [-0.3, -0.25) is 14.2 Å². The fourth-order valence-corrected chi connectivity index (χ4v) is 3.40. The number of fused-ring (bicyclic) bond motifs is 1. The van der Waals surface area contributed by atoms with Gasteiger partial charge >= 0.3 is 0 Å². The topological polar surface area (TPSA) is 58.1 Å². The number of amides is 1. The van der Waals surface area contributed by atoms with Crippen LogP contribution in [0, 0.1) is 4.77 Å². The third-order valence-corrected chi connectivity index (χ3v) is 4.50. The second-order valence-electron chi connectivity index (χ2n) is 4.46. The van der Waals surface area contributed by atoms with Crippen molar-refractivity contribution >= 4 is 39.7 Å². The maximum Gasteiger partial charge on any atom is 0.263 e. The van der Waals surface area contributed by atoms with Crippen LogP contribution >= 0.6 is 23.6 Å². The molecular weight excluding hydrogens is 294 g/mol. The van der Waals surface area contributed by atoms with E-state index >= 15 is 0 Å². The maximum absolute atomic E-state index is 12.5. The number of nitrogens with zero attached hydrogens (tertiary/aromatic N) is 2. The van der Waals surface area contributed by atoms with Gasteiger partial charge < -0.3 is 9.88 Å². The van der Waals surface area contributed by atoms with Gasteiger partial charge in [-0.25, -0.2) is 0 Å². The highest BCUT2D eigenvalue weighted by molar-refractivity contribution is 7.71. The first kappa shape index (κ1) is 14.9. The summed E-state index contributed by atoms with van der Waals surface area (Å²) in [6.07, 6.45) is 0. The fourth-order valence-electron chi connectivity index (χ4n) is 2.22. The molecule has 0 aromatic carbocycles. The Morgan fingerprint density at radius 3 is 2.75 bits per heavy atom. The van der Waals surface area contributed by atoms with Crippen LogP contribution in [0.3, 0.4) is 0 Å². The summed E-state index contributed by atoms with van der Waals surface area (Å²) in [4.78, 5) is 30.3. The Bertz CT molecular complexity index is 740. The Labute approximate surface area is 125 Å². The van der Waals surface area contributed by atoms with Crippen LogP contribution in [0.5, 0.6) is 0 Å². The van der Waals surface area contributed by atoms with E-state index in [2.05, 4.69) is 4.98 Å². The molecule has 0 aliphatic rings.